The number of anilines is 1. The smallest absolute Gasteiger partial charge is 0.288 e. The average molecular weight is 292 g/mol. The number of nitro groups is 1. The van der Waals surface area contributed by atoms with Crippen LogP contribution in [-0.4, -0.2) is 53.1 Å². The van der Waals surface area contributed by atoms with Gasteiger partial charge in [-0.3, -0.25) is 14.9 Å². The van der Waals surface area contributed by atoms with Crippen molar-refractivity contribution in [1.29, 1.82) is 0 Å². The Morgan fingerprint density at radius 2 is 2.14 bits per heavy atom. The van der Waals surface area contributed by atoms with Crippen molar-refractivity contribution in [2.45, 2.75) is 25.0 Å². The predicted octanol–water partition coefficient (Wildman–Crippen LogP) is 1.03. The average Bonchev–Trinajstić information content (AvgIpc) is 2.84. The van der Waals surface area contributed by atoms with Crippen LogP contribution < -0.4 is 5.32 Å². The minimum Gasteiger partial charge on any atom is -0.372 e. The molecule has 21 heavy (non-hydrogen) atoms. The van der Waals surface area contributed by atoms with E-state index < -0.39 is 4.92 Å². The van der Waals surface area contributed by atoms with E-state index in [-0.39, 0.29) is 29.4 Å². The zero-order valence-corrected chi connectivity index (χ0v) is 11.6. The van der Waals surface area contributed by atoms with Crippen molar-refractivity contribution in [1.82, 2.24) is 9.88 Å². The first kappa shape index (κ1) is 13.7. The van der Waals surface area contributed by atoms with Gasteiger partial charge in [0.05, 0.1) is 22.7 Å². The van der Waals surface area contributed by atoms with Crippen LogP contribution in [0.1, 0.15) is 23.2 Å². The van der Waals surface area contributed by atoms with Gasteiger partial charge in [0.1, 0.15) is 12.0 Å². The molecule has 0 radical (unpaired) electrons. The van der Waals surface area contributed by atoms with E-state index in [0.29, 0.717) is 18.9 Å². The molecule has 3 heterocycles. The van der Waals surface area contributed by atoms with Crippen molar-refractivity contribution in [3.05, 3.63) is 27.9 Å². The fourth-order valence-corrected chi connectivity index (χ4v) is 2.87. The molecule has 1 aromatic rings. The molecule has 2 fully saturated rings. The Bertz CT molecular complexity index is 580. The molecule has 8 nitrogen and oxygen atoms in total. The number of carbonyl (C=O) groups is 1. The maximum Gasteiger partial charge on any atom is 0.288 e. The number of nitrogens with zero attached hydrogens (tertiary/aromatic N) is 3. The number of rotatable bonds is 3. The van der Waals surface area contributed by atoms with Crippen molar-refractivity contribution in [3.63, 3.8) is 0 Å². The molecule has 3 rings (SSSR count). The van der Waals surface area contributed by atoms with Gasteiger partial charge >= 0.3 is 0 Å². The maximum atomic E-state index is 12.6. The molecule has 0 aromatic carbocycles. The molecule has 0 saturated carbocycles. The Labute approximate surface area is 121 Å². The van der Waals surface area contributed by atoms with Crippen LogP contribution in [0.3, 0.4) is 0 Å². The van der Waals surface area contributed by atoms with Crippen LogP contribution in [0, 0.1) is 10.1 Å². The van der Waals surface area contributed by atoms with Gasteiger partial charge in [-0.25, -0.2) is 4.98 Å². The van der Waals surface area contributed by atoms with Crippen LogP contribution in [0.25, 0.3) is 0 Å². The molecule has 2 atom stereocenters. The second-order valence-electron chi connectivity index (χ2n) is 5.26. The van der Waals surface area contributed by atoms with E-state index in [9.17, 15) is 14.9 Å². The third kappa shape index (κ3) is 2.54. The molecule has 0 aliphatic carbocycles. The summed E-state index contributed by atoms with van der Waals surface area (Å²) in [4.78, 5) is 28.6. The fourth-order valence-electron chi connectivity index (χ4n) is 2.87. The lowest BCUT2D eigenvalue weighted by Gasteiger charge is -2.32. The van der Waals surface area contributed by atoms with E-state index in [1.165, 1.54) is 6.07 Å². The molecule has 1 N–H and O–H groups in total. The van der Waals surface area contributed by atoms with Crippen LogP contribution in [0.15, 0.2) is 12.3 Å². The fraction of sp³-hybridized carbons (Fsp3) is 0.538. The number of ether oxygens (including phenoxy) is 1. The van der Waals surface area contributed by atoms with Crippen molar-refractivity contribution >= 4 is 17.4 Å². The lowest BCUT2D eigenvalue weighted by molar-refractivity contribution is -0.385. The summed E-state index contributed by atoms with van der Waals surface area (Å²) in [6.45, 7) is 1.06. The molecule has 8 heteroatoms. The van der Waals surface area contributed by atoms with E-state index in [2.05, 4.69) is 10.3 Å². The molecule has 1 amide bonds. The molecule has 0 spiro atoms. The number of nitrogens with one attached hydrogen (secondary N) is 1. The SMILES string of the molecule is CNc1ncc([N+](=O)[O-])cc1C(=O)N1CC2CCC(C1)O2. The third-order valence-corrected chi connectivity index (χ3v) is 3.88. The van der Waals surface area contributed by atoms with E-state index in [1.54, 1.807) is 11.9 Å². The van der Waals surface area contributed by atoms with Gasteiger partial charge in [0, 0.05) is 26.2 Å². The highest BCUT2D eigenvalue weighted by molar-refractivity contribution is 5.99. The Kier molecular flexibility index (Phi) is 3.46. The van der Waals surface area contributed by atoms with Gasteiger partial charge in [-0.15, -0.1) is 0 Å². The molecule has 2 aliphatic heterocycles. The first-order valence-corrected chi connectivity index (χ1v) is 6.85. The van der Waals surface area contributed by atoms with E-state index in [4.69, 9.17) is 4.74 Å². The van der Waals surface area contributed by atoms with Crippen LogP contribution in [0.4, 0.5) is 11.5 Å². The molecule has 1 aromatic heterocycles. The summed E-state index contributed by atoms with van der Waals surface area (Å²) in [5.74, 6) is 0.111. The van der Waals surface area contributed by atoms with Gasteiger partial charge in [-0.1, -0.05) is 0 Å². The monoisotopic (exact) mass is 292 g/mol. The van der Waals surface area contributed by atoms with E-state index in [1.807, 2.05) is 0 Å². The Hall–Kier alpha value is -2.22. The topological polar surface area (TPSA) is 97.6 Å². The summed E-state index contributed by atoms with van der Waals surface area (Å²) in [5.41, 5.74) is 0.0431. The summed E-state index contributed by atoms with van der Waals surface area (Å²) in [6.07, 6.45) is 3.22. The highest BCUT2D eigenvalue weighted by Gasteiger charge is 2.36. The second kappa shape index (κ2) is 5.28. The van der Waals surface area contributed by atoms with E-state index in [0.717, 1.165) is 19.0 Å². The van der Waals surface area contributed by atoms with E-state index >= 15 is 0 Å². The van der Waals surface area contributed by atoms with Gasteiger partial charge in [-0.05, 0) is 12.8 Å². The summed E-state index contributed by atoms with van der Waals surface area (Å²) >= 11 is 0. The normalized spacial score (nSPS) is 24.0. The van der Waals surface area contributed by atoms with Gasteiger partial charge in [0.2, 0.25) is 0 Å². The summed E-state index contributed by atoms with van der Waals surface area (Å²) in [5, 5.41) is 13.7. The first-order chi connectivity index (χ1) is 10.1. The standard InChI is InChI=1S/C13H16N4O4/c1-14-12-11(4-8(5-15-12)17(19)20)13(18)16-6-9-2-3-10(7-16)21-9/h4-5,9-10H,2-3,6-7H2,1H3,(H,14,15). The number of amides is 1. The summed E-state index contributed by atoms with van der Waals surface area (Å²) in [7, 11) is 1.63. The number of likely N-dealkylation sites (tertiary alicyclic amines) is 1. The zero-order valence-electron chi connectivity index (χ0n) is 11.6. The highest BCUT2D eigenvalue weighted by atomic mass is 16.6. The molecule has 2 bridgehead atoms. The maximum absolute atomic E-state index is 12.6. The first-order valence-electron chi connectivity index (χ1n) is 6.85. The van der Waals surface area contributed by atoms with Crippen LogP contribution >= 0.6 is 0 Å². The molecule has 112 valence electrons. The highest BCUT2D eigenvalue weighted by Crippen LogP contribution is 2.28. The van der Waals surface area contributed by atoms with Crippen LogP contribution in [0.5, 0.6) is 0 Å². The number of carbonyl (C=O) groups excluding carboxylic acids is 1. The van der Waals surface area contributed by atoms with Crippen LogP contribution in [0.2, 0.25) is 0 Å². The van der Waals surface area contributed by atoms with Gasteiger partial charge < -0.3 is 15.0 Å². The molecule has 2 aliphatic rings. The Morgan fingerprint density at radius 3 is 2.71 bits per heavy atom. The largest absolute Gasteiger partial charge is 0.372 e. The molecular formula is C13H16N4O4. The zero-order chi connectivity index (χ0) is 15.0. The van der Waals surface area contributed by atoms with Gasteiger partial charge in [-0.2, -0.15) is 0 Å². The lowest BCUT2D eigenvalue weighted by Crippen LogP contribution is -2.46. The number of hydrogen-bond donors (Lipinski definition) is 1. The molecule has 2 saturated heterocycles. The number of morpholine rings is 1. The summed E-state index contributed by atoms with van der Waals surface area (Å²) < 4.78 is 5.70. The molecule has 2 unspecified atom stereocenters. The van der Waals surface area contributed by atoms with Gasteiger partial charge in [0.15, 0.2) is 0 Å². The van der Waals surface area contributed by atoms with Crippen molar-refractivity contribution < 1.29 is 14.5 Å². The van der Waals surface area contributed by atoms with Crippen molar-refractivity contribution in [2.24, 2.45) is 0 Å². The van der Waals surface area contributed by atoms with Gasteiger partial charge in [0.25, 0.3) is 11.6 Å². The Balaban J connectivity index is 1.89. The Morgan fingerprint density at radius 1 is 1.48 bits per heavy atom. The van der Waals surface area contributed by atoms with Crippen LogP contribution in [-0.2, 0) is 4.74 Å². The molecular weight excluding hydrogens is 276 g/mol. The number of aromatic nitrogens is 1. The minimum atomic E-state index is -0.549. The number of fused-ring (bicyclic) bond motifs is 2. The van der Waals surface area contributed by atoms with Crippen molar-refractivity contribution in [3.8, 4) is 0 Å². The number of pyridine rings is 1. The lowest BCUT2D eigenvalue weighted by atomic mass is 10.2. The second-order valence-corrected chi connectivity index (χ2v) is 5.26. The minimum absolute atomic E-state index is 0.0809. The van der Waals surface area contributed by atoms with Crippen molar-refractivity contribution in [2.75, 3.05) is 25.5 Å². The predicted molar refractivity (Wildman–Crippen MR) is 74.2 cm³/mol. The summed E-state index contributed by atoms with van der Waals surface area (Å²) in [6, 6.07) is 1.28. The third-order valence-electron chi connectivity index (χ3n) is 3.88. The quantitative estimate of drug-likeness (QED) is 0.660. The number of hydrogen-bond acceptors (Lipinski definition) is 6.